The molecule has 1 aromatic heterocycles. The quantitative estimate of drug-likeness (QED) is 0.162. The number of para-hydroxylation sites is 2. The maximum atomic E-state index is 6.59. The molecule has 0 bridgehead atoms. The molecule has 0 saturated heterocycles. The van der Waals surface area contributed by atoms with E-state index in [0.29, 0.717) is 0 Å². The smallest absolute Gasteiger partial charge is 0.136 e. The first-order valence-electron chi connectivity index (χ1n) is 19.8. The average Bonchev–Trinajstić information content (AvgIpc) is 3.66. The lowest BCUT2D eigenvalue weighted by Crippen LogP contribution is -2.12. The average molecular weight is 740 g/mol. The van der Waals surface area contributed by atoms with E-state index in [9.17, 15) is 0 Å². The minimum Gasteiger partial charge on any atom is -0.456 e. The SMILES string of the molecule is c1ccc(-c2ccc(-c3ccccc3N(c3cccc(-c4ccc5ccccc5c4)c3)c3ccccc3-c3cccc4oc5cc6ccccc6cc5c34)cc2)cc1. The molecule has 0 saturated carbocycles. The molecule has 11 rings (SSSR count). The third-order valence-electron chi connectivity index (χ3n) is 11.4. The van der Waals surface area contributed by atoms with Gasteiger partial charge in [0.25, 0.3) is 0 Å². The van der Waals surface area contributed by atoms with Crippen LogP contribution >= 0.6 is 0 Å². The Morgan fingerprint density at radius 2 is 0.828 bits per heavy atom. The summed E-state index contributed by atoms with van der Waals surface area (Å²) in [7, 11) is 0. The van der Waals surface area contributed by atoms with E-state index in [0.717, 1.165) is 66.8 Å². The Labute approximate surface area is 337 Å². The highest BCUT2D eigenvalue weighted by Crippen LogP contribution is 2.48. The highest BCUT2D eigenvalue weighted by Gasteiger charge is 2.23. The maximum Gasteiger partial charge on any atom is 0.136 e. The Hall–Kier alpha value is -7.68. The number of benzene rings is 10. The Kier molecular flexibility index (Phi) is 8.19. The van der Waals surface area contributed by atoms with Gasteiger partial charge in [0.15, 0.2) is 0 Å². The number of hydrogen-bond donors (Lipinski definition) is 0. The third kappa shape index (κ3) is 5.91. The lowest BCUT2D eigenvalue weighted by Gasteiger charge is -2.30. The second kappa shape index (κ2) is 14.1. The van der Waals surface area contributed by atoms with Crippen LogP contribution in [-0.4, -0.2) is 0 Å². The fraction of sp³-hybridized carbons (Fsp3) is 0. The van der Waals surface area contributed by atoms with Gasteiger partial charge in [-0.15, -0.1) is 0 Å². The number of nitrogens with zero attached hydrogens (tertiary/aromatic N) is 1. The van der Waals surface area contributed by atoms with Crippen LogP contribution in [0, 0.1) is 0 Å². The van der Waals surface area contributed by atoms with E-state index in [4.69, 9.17) is 4.42 Å². The fourth-order valence-electron chi connectivity index (χ4n) is 8.62. The zero-order valence-corrected chi connectivity index (χ0v) is 31.7. The van der Waals surface area contributed by atoms with Crippen molar-refractivity contribution in [3.05, 3.63) is 224 Å². The van der Waals surface area contributed by atoms with Crippen LogP contribution in [-0.2, 0) is 0 Å². The highest BCUT2D eigenvalue weighted by atomic mass is 16.3. The molecule has 1 heterocycles. The van der Waals surface area contributed by atoms with E-state index in [2.05, 4.69) is 229 Å². The number of rotatable bonds is 7. The van der Waals surface area contributed by atoms with Gasteiger partial charge in [-0.1, -0.05) is 176 Å². The van der Waals surface area contributed by atoms with Gasteiger partial charge in [-0.25, -0.2) is 0 Å². The van der Waals surface area contributed by atoms with Crippen LogP contribution < -0.4 is 4.90 Å². The minimum absolute atomic E-state index is 0.876. The Bertz CT molecular complexity index is 3290. The van der Waals surface area contributed by atoms with Crippen molar-refractivity contribution in [2.75, 3.05) is 4.90 Å². The van der Waals surface area contributed by atoms with Crippen LogP contribution in [0.1, 0.15) is 0 Å². The molecule has 11 aromatic rings. The molecular formula is C56H37NO. The Morgan fingerprint density at radius 1 is 0.293 bits per heavy atom. The van der Waals surface area contributed by atoms with Crippen molar-refractivity contribution in [2.24, 2.45) is 0 Å². The molecule has 0 aliphatic heterocycles. The monoisotopic (exact) mass is 739 g/mol. The summed E-state index contributed by atoms with van der Waals surface area (Å²) in [6, 6.07) is 80.8. The third-order valence-corrected chi connectivity index (χ3v) is 11.4. The van der Waals surface area contributed by atoms with Crippen LogP contribution in [0.2, 0.25) is 0 Å². The summed E-state index contributed by atoms with van der Waals surface area (Å²) in [5.74, 6) is 0. The molecule has 0 N–H and O–H groups in total. The van der Waals surface area contributed by atoms with Gasteiger partial charge in [0, 0.05) is 27.6 Å². The second-order valence-electron chi connectivity index (χ2n) is 14.9. The number of fused-ring (bicyclic) bond motifs is 5. The molecule has 2 heteroatoms. The molecule has 0 unspecified atom stereocenters. The molecule has 0 aliphatic carbocycles. The molecule has 0 amide bonds. The molecule has 58 heavy (non-hydrogen) atoms. The second-order valence-corrected chi connectivity index (χ2v) is 14.9. The van der Waals surface area contributed by atoms with Crippen LogP contribution in [0.4, 0.5) is 17.1 Å². The van der Waals surface area contributed by atoms with Crippen molar-refractivity contribution < 1.29 is 4.42 Å². The topological polar surface area (TPSA) is 16.4 Å². The van der Waals surface area contributed by atoms with Crippen LogP contribution in [0.25, 0.3) is 88.0 Å². The zero-order chi connectivity index (χ0) is 38.4. The van der Waals surface area contributed by atoms with Gasteiger partial charge in [-0.05, 0) is 103 Å². The Balaban J connectivity index is 1.13. The van der Waals surface area contributed by atoms with Crippen molar-refractivity contribution in [1.29, 1.82) is 0 Å². The lowest BCUT2D eigenvalue weighted by atomic mass is 9.94. The maximum absolute atomic E-state index is 6.59. The normalized spacial score (nSPS) is 11.4. The number of hydrogen-bond acceptors (Lipinski definition) is 2. The fourth-order valence-corrected chi connectivity index (χ4v) is 8.62. The van der Waals surface area contributed by atoms with E-state index >= 15 is 0 Å². The highest BCUT2D eigenvalue weighted by molar-refractivity contribution is 6.16. The lowest BCUT2D eigenvalue weighted by molar-refractivity contribution is 0.669. The van der Waals surface area contributed by atoms with Crippen molar-refractivity contribution >= 4 is 60.5 Å². The summed E-state index contributed by atoms with van der Waals surface area (Å²) in [5.41, 5.74) is 14.3. The van der Waals surface area contributed by atoms with Crippen molar-refractivity contribution in [3.8, 4) is 44.5 Å². The standard InChI is InChI=1S/C56H37NO/c1-2-14-38(15-3-1)40-28-31-41(32-29-40)48-22-8-10-25-52(48)57(47-21-12-20-43(35-47)46-33-30-39-16-4-5-17-42(39)34-46)53-26-11-9-23-49(53)50-24-13-27-54-56(50)51-36-44-18-6-7-19-45(44)37-55(51)58-54/h1-37H. The van der Waals surface area contributed by atoms with Crippen LogP contribution in [0.5, 0.6) is 0 Å². The largest absolute Gasteiger partial charge is 0.456 e. The molecule has 10 aromatic carbocycles. The molecular weight excluding hydrogens is 703 g/mol. The first kappa shape index (κ1) is 33.6. The number of furan rings is 1. The summed E-state index contributed by atoms with van der Waals surface area (Å²) in [6.45, 7) is 0. The Morgan fingerprint density at radius 3 is 1.62 bits per heavy atom. The predicted molar refractivity (Wildman–Crippen MR) is 245 cm³/mol. The van der Waals surface area contributed by atoms with E-state index in [1.165, 1.54) is 38.2 Å². The van der Waals surface area contributed by atoms with Crippen molar-refractivity contribution in [3.63, 3.8) is 0 Å². The molecule has 0 fully saturated rings. The van der Waals surface area contributed by atoms with Gasteiger partial charge in [0.05, 0.1) is 11.4 Å². The molecule has 0 aliphatic rings. The van der Waals surface area contributed by atoms with Gasteiger partial charge >= 0.3 is 0 Å². The van der Waals surface area contributed by atoms with Gasteiger partial charge in [0.2, 0.25) is 0 Å². The van der Waals surface area contributed by atoms with Crippen LogP contribution in [0.3, 0.4) is 0 Å². The van der Waals surface area contributed by atoms with E-state index < -0.39 is 0 Å². The van der Waals surface area contributed by atoms with Gasteiger partial charge < -0.3 is 9.32 Å². The summed E-state index contributed by atoms with van der Waals surface area (Å²) < 4.78 is 6.59. The minimum atomic E-state index is 0.876. The van der Waals surface area contributed by atoms with E-state index in [-0.39, 0.29) is 0 Å². The summed E-state index contributed by atoms with van der Waals surface area (Å²) >= 11 is 0. The summed E-state index contributed by atoms with van der Waals surface area (Å²) in [6.07, 6.45) is 0. The summed E-state index contributed by atoms with van der Waals surface area (Å²) in [5, 5.41) is 7.06. The van der Waals surface area contributed by atoms with Crippen LogP contribution in [0.15, 0.2) is 229 Å². The van der Waals surface area contributed by atoms with Gasteiger partial charge in [-0.3, -0.25) is 0 Å². The first-order chi connectivity index (χ1) is 28.7. The summed E-state index contributed by atoms with van der Waals surface area (Å²) in [4.78, 5) is 2.44. The molecule has 0 radical (unpaired) electrons. The molecule has 0 atom stereocenters. The van der Waals surface area contributed by atoms with Crippen molar-refractivity contribution in [2.45, 2.75) is 0 Å². The number of anilines is 3. The van der Waals surface area contributed by atoms with Gasteiger partial charge in [0.1, 0.15) is 11.2 Å². The molecule has 272 valence electrons. The zero-order valence-electron chi connectivity index (χ0n) is 31.7. The molecule has 2 nitrogen and oxygen atoms in total. The van der Waals surface area contributed by atoms with Crippen molar-refractivity contribution in [1.82, 2.24) is 0 Å². The first-order valence-corrected chi connectivity index (χ1v) is 19.8. The van der Waals surface area contributed by atoms with Gasteiger partial charge in [-0.2, -0.15) is 0 Å². The van der Waals surface area contributed by atoms with E-state index in [1.807, 2.05) is 0 Å². The predicted octanol–water partition coefficient (Wildman–Crippen LogP) is 16.0. The molecule has 0 spiro atoms. The van der Waals surface area contributed by atoms with E-state index in [1.54, 1.807) is 0 Å².